The van der Waals surface area contributed by atoms with Crippen molar-refractivity contribution in [2.75, 3.05) is 7.11 Å². The van der Waals surface area contributed by atoms with E-state index in [0.717, 1.165) is 22.9 Å². The Morgan fingerprint density at radius 2 is 1.89 bits per heavy atom. The van der Waals surface area contributed by atoms with Crippen molar-refractivity contribution >= 4 is 11.6 Å². The first-order chi connectivity index (χ1) is 9.20. The molecule has 3 heteroatoms. The van der Waals surface area contributed by atoms with Gasteiger partial charge in [0, 0.05) is 23.2 Å². The van der Waals surface area contributed by atoms with E-state index in [0.29, 0.717) is 0 Å². The Morgan fingerprint density at radius 1 is 1.16 bits per heavy atom. The predicted molar refractivity (Wildman–Crippen MR) is 79.7 cm³/mol. The second-order valence-electron chi connectivity index (χ2n) is 4.47. The maximum absolute atomic E-state index is 6.02. The van der Waals surface area contributed by atoms with Crippen LogP contribution in [0.4, 0.5) is 0 Å². The van der Waals surface area contributed by atoms with Gasteiger partial charge in [0.2, 0.25) is 0 Å². The molecule has 2 rings (SSSR count). The molecule has 0 aliphatic rings. The molecule has 0 aliphatic carbocycles. The molecule has 1 N–H and O–H groups in total. The first kappa shape index (κ1) is 13.9. The Kier molecular flexibility index (Phi) is 4.83. The fourth-order valence-corrected chi connectivity index (χ4v) is 2.20. The van der Waals surface area contributed by atoms with Crippen LogP contribution in [-0.4, -0.2) is 7.11 Å². The van der Waals surface area contributed by atoms with E-state index in [1.807, 2.05) is 36.4 Å². The third kappa shape index (κ3) is 3.72. The lowest BCUT2D eigenvalue weighted by molar-refractivity contribution is 0.406. The third-order valence-corrected chi connectivity index (χ3v) is 3.38. The number of rotatable bonds is 5. The molecular formula is C16H18ClNO. The third-order valence-electron chi connectivity index (χ3n) is 3.14. The van der Waals surface area contributed by atoms with Crippen molar-refractivity contribution < 1.29 is 4.74 Å². The summed E-state index contributed by atoms with van der Waals surface area (Å²) in [4.78, 5) is 0. The number of methoxy groups -OCH3 is 1. The average Bonchev–Trinajstić information content (AvgIpc) is 2.46. The van der Waals surface area contributed by atoms with Gasteiger partial charge in [-0.25, -0.2) is 0 Å². The van der Waals surface area contributed by atoms with Gasteiger partial charge in [-0.2, -0.15) is 0 Å². The summed E-state index contributed by atoms with van der Waals surface area (Å²) in [6, 6.07) is 16.3. The number of nitrogens with one attached hydrogen (secondary N) is 1. The first-order valence-corrected chi connectivity index (χ1v) is 6.69. The summed E-state index contributed by atoms with van der Waals surface area (Å²) in [5.41, 5.74) is 2.33. The molecule has 2 aromatic rings. The number of hydrogen-bond donors (Lipinski definition) is 1. The molecular weight excluding hydrogens is 258 g/mol. The number of halogens is 1. The lowest BCUT2D eigenvalue weighted by atomic mass is 10.1. The van der Waals surface area contributed by atoms with E-state index in [4.69, 9.17) is 16.3 Å². The number of hydrogen-bond acceptors (Lipinski definition) is 2. The molecule has 1 atom stereocenters. The molecule has 100 valence electrons. The monoisotopic (exact) mass is 275 g/mol. The van der Waals surface area contributed by atoms with Crippen LogP contribution in [0, 0.1) is 0 Å². The molecule has 0 aromatic heterocycles. The number of benzene rings is 2. The molecule has 2 aromatic carbocycles. The highest BCUT2D eigenvalue weighted by molar-refractivity contribution is 6.30. The SMILES string of the molecule is COc1ccc(Cl)cc1CN[C@H](C)c1ccccc1. The zero-order valence-corrected chi connectivity index (χ0v) is 11.9. The molecule has 0 amide bonds. The van der Waals surface area contributed by atoms with E-state index in [9.17, 15) is 0 Å². The standard InChI is InChI=1S/C16H18ClNO/c1-12(13-6-4-3-5-7-13)18-11-14-10-15(17)8-9-16(14)19-2/h3-10,12,18H,11H2,1-2H3/t12-/m1/s1. The fourth-order valence-electron chi connectivity index (χ4n) is 2.01. The molecule has 0 radical (unpaired) electrons. The highest BCUT2D eigenvalue weighted by Crippen LogP contribution is 2.23. The van der Waals surface area contributed by atoms with Gasteiger partial charge in [0.1, 0.15) is 5.75 Å². The van der Waals surface area contributed by atoms with Crippen LogP contribution in [0.15, 0.2) is 48.5 Å². The van der Waals surface area contributed by atoms with Crippen molar-refractivity contribution in [2.45, 2.75) is 19.5 Å². The van der Waals surface area contributed by atoms with E-state index in [1.54, 1.807) is 7.11 Å². The smallest absolute Gasteiger partial charge is 0.123 e. The van der Waals surface area contributed by atoms with Crippen LogP contribution in [-0.2, 0) is 6.54 Å². The van der Waals surface area contributed by atoms with Crippen molar-refractivity contribution in [1.29, 1.82) is 0 Å². The normalized spacial score (nSPS) is 12.2. The van der Waals surface area contributed by atoms with Crippen LogP contribution in [0.25, 0.3) is 0 Å². The van der Waals surface area contributed by atoms with E-state index >= 15 is 0 Å². The van der Waals surface area contributed by atoms with Gasteiger partial charge in [0.05, 0.1) is 7.11 Å². The number of ether oxygens (including phenoxy) is 1. The van der Waals surface area contributed by atoms with Crippen LogP contribution < -0.4 is 10.1 Å². The topological polar surface area (TPSA) is 21.3 Å². The van der Waals surface area contributed by atoms with Gasteiger partial charge < -0.3 is 10.1 Å². The molecule has 0 aliphatic heterocycles. The summed E-state index contributed by atoms with van der Waals surface area (Å²) in [6.07, 6.45) is 0. The second-order valence-corrected chi connectivity index (χ2v) is 4.91. The largest absolute Gasteiger partial charge is 0.496 e. The quantitative estimate of drug-likeness (QED) is 0.883. The average molecular weight is 276 g/mol. The molecule has 0 bridgehead atoms. The van der Waals surface area contributed by atoms with Crippen molar-refractivity contribution in [3.05, 3.63) is 64.7 Å². The lowest BCUT2D eigenvalue weighted by Crippen LogP contribution is -2.18. The van der Waals surface area contributed by atoms with Gasteiger partial charge in [-0.15, -0.1) is 0 Å². The summed E-state index contributed by atoms with van der Waals surface area (Å²) in [5.74, 6) is 0.858. The van der Waals surface area contributed by atoms with Crippen LogP contribution in [0.3, 0.4) is 0 Å². The van der Waals surface area contributed by atoms with Crippen LogP contribution in [0.2, 0.25) is 5.02 Å². The van der Waals surface area contributed by atoms with Crippen molar-refractivity contribution in [3.63, 3.8) is 0 Å². The summed E-state index contributed by atoms with van der Waals surface area (Å²) < 4.78 is 5.34. The van der Waals surface area contributed by atoms with Gasteiger partial charge in [0.15, 0.2) is 0 Å². The summed E-state index contributed by atoms with van der Waals surface area (Å²) in [7, 11) is 1.67. The minimum absolute atomic E-state index is 0.282. The highest BCUT2D eigenvalue weighted by atomic mass is 35.5. The highest BCUT2D eigenvalue weighted by Gasteiger charge is 2.07. The molecule has 0 unspecified atom stereocenters. The van der Waals surface area contributed by atoms with Crippen molar-refractivity contribution in [2.24, 2.45) is 0 Å². The van der Waals surface area contributed by atoms with E-state index in [1.165, 1.54) is 5.56 Å². The van der Waals surface area contributed by atoms with E-state index < -0.39 is 0 Å². The van der Waals surface area contributed by atoms with E-state index in [-0.39, 0.29) is 6.04 Å². The van der Waals surface area contributed by atoms with Gasteiger partial charge in [-0.3, -0.25) is 0 Å². The lowest BCUT2D eigenvalue weighted by Gasteiger charge is -2.16. The molecule has 0 heterocycles. The fraction of sp³-hybridized carbons (Fsp3) is 0.250. The zero-order chi connectivity index (χ0) is 13.7. The molecule has 0 fully saturated rings. The van der Waals surface area contributed by atoms with Gasteiger partial charge in [-0.1, -0.05) is 41.9 Å². The Morgan fingerprint density at radius 3 is 2.58 bits per heavy atom. The Balaban J connectivity index is 2.04. The van der Waals surface area contributed by atoms with Crippen molar-refractivity contribution in [1.82, 2.24) is 5.32 Å². The minimum Gasteiger partial charge on any atom is -0.496 e. The van der Waals surface area contributed by atoms with Gasteiger partial charge in [0.25, 0.3) is 0 Å². The zero-order valence-electron chi connectivity index (χ0n) is 11.2. The van der Waals surface area contributed by atoms with Crippen LogP contribution in [0.5, 0.6) is 5.75 Å². The summed E-state index contributed by atoms with van der Waals surface area (Å²) >= 11 is 6.02. The minimum atomic E-state index is 0.282. The Hall–Kier alpha value is -1.51. The van der Waals surface area contributed by atoms with Crippen LogP contribution in [0.1, 0.15) is 24.1 Å². The Bertz CT molecular complexity index is 528. The van der Waals surface area contributed by atoms with Gasteiger partial charge >= 0.3 is 0 Å². The Labute approximate surface area is 119 Å². The molecule has 0 saturated carbocycles. The maximum atomic E-state index is 6.02. The molecule has 0 saturated heterocycles. The first-order valence-electron chi connectivity index (χ1n) is 6.31. The predicted octanol–water partition coefficient (Wildman–Crippen LogP) is 4.20. The molecule has 19 heavy (non-hydrogen) atoms. The summed E-state index contributed by atoms with van der Waals surface area (Å²) in [5, 5.41) is 4.21. The van der Waals surface area contributed by atoms with Crippen molar-refractivity contribution in [3.8, 4) is 5.75 Å². The van der Waals surface area contributed by atoms with Gasteiger partial charge in [-0.05, 0) is 30.7 Å². The molecule has 2 nitrogen and oxygen atoms in total. The second kappa shape index (κ2) is 6.60. The summed E-state index contributed by atoms with van der Waals surface area (Å²) in [6.45, 7) is 2.87. The maximum Gasteiger partial charge on any atom is 0.123 e. The van der Waals surface area contributed by atoms with Crippen LogP contribution >= 0.6 is 11.6 Å². The van der Waals surface area contributed by atoms with E-state index in [2.05, 4.69) is 24.4 Å². The molecule has 0 spiro atoms.